The van der Waals surface area contributed by atoms with Gasteiger partial charge in [0, 0.05) is 11.1 Å². The summed E-state index contributed by atoms with van der Waals surface area (Å²) >= 11 is 1.45. The van der Waals surface area contributed by atoms with Gasteiger partial charge in [0.1, 0.15) is 5.69 Å². The van der Waals surface area contributed by atoms with Crippen LogP contribution in [0.1, 0.15) is 16.8 Å². The van der Waals surface area contributed by atoms with Crippen molar-refractivity contribution >= 4 is 17.6 Å². The summed E-state index contributed by atoms with van der Waals surface area (Å²) in [6.45, 7) is 4.10. The van der Waals surface area contributed by atoms with E-state index < -0.39 is 0 Å². The first-order valence-electron chi connectivity index (χ1n) is 5.66. The molecule has 0 spiro atoms. The van der Waals surface area contributed by atoms with E-state index in [1.807, 2.05) is 19.1 Å². The van der Waals surface area contributed by atoms with Crippen LogP contribution in [-0.2, 0) is 0 Å². The van der Waals surface area contributed by atoms with Crippen LogP contribution < -0.4 is 5.73 Å². The molecule has 0 aliphatic rings. The Kier molecular flexibility index (Phi) is 4.01. The highest BCUT2D eigenvalue weighted by molar-refractivity contribution is 7.99. The molecule has 1 aromatic heterocycles. The van der Waals surface area contributed by atoms with E-state index in [0.29, 0.717) is 10.9 Å². The number of hydrogen-bond donors (Lipinski definition) is 2. The number of amidine groups is 1. The van der Waals surface area contributed by atoms with Gasteiger partial charge in [-0.2, -0.15) is 0 Å². The van der Waals surface area contributed by atoms with Crippen LogP contribution >= 0.6 is 11.8 Å². The van der Waals surface area contributed by atoms with Gasteiger partial charge in [0.15, 0.2) is 11.0 Å². The van der Waals surface area contributed by atoms with Gasteiger partial charge in [0.25, 0.3) is 0 Å². The van der Waals surface area contributed by atoms with Crippen molar-refractivity contribution in [2.45, 2.75) is 23.9 Å². The molecule has 0 atom stereocenters. The van der Waals surface area contributed by atoms with Gasteiger partial charge in [-0.25, -0.2) is 9.97 Å². The van der Waals surface area contributed by atoms with E-state index in [0.717, 1.165) is 4.90 Å². The summed E-state index contributed by atoms with van der Waals surface area (Å²) in [6.07, 6.45) is 1.59. The Balaban J connectivity index is 2.28. The van der Waals surface area contributed by atoms with E-state index in [4.69, 9.17) is 10.9 Å². The van der Waals surface area contributed by atoms with E-state index in [2.05, 4.69) is 28.1 Å². The van der Waals surface area contributed by atoms with Gasteiger partial charge in [-0.3, -0.25) is 0 Å². The lowest BCUT2D eigenvalue weighted by Crippen LogP contribution is -2.15. The summed E-state index contributed by atoms with van der Waals surface area (Å²) in [5, 5.41) is 12.1. The Labute approximate surface area is 115 Å². The summed E-state index contributed by atoms with van der Waals surface area (Å²) in [7, 11) is 0. The average molecular weight is 274 g/mol. The van der Waals surface area contributed by atoms with E-state index in [9.17, 15) is 0 Å². The van der Waals surface area contributed by atoms with Gasteiger partial charge in [-0.1, -0.05) is 22.9 Å². The van der Waals surface area contributed by atoms with Crippen molar-refractivity contribution in [2.75, 3.05) is 0 Å². The van der Waals surface area contributed by atoms with E-state index in [-0.39, 0.29) is 5.84 Å². The molecule has 98 valence electrons. The molecule has 0 fully saturated rings. The van der Waals surface area contributed by atoms with Crippen molar-refractivity contribution in [3.8, 4) is 0 Å². The lowest BCUT2D eigenvalue weighted by Gasteiger charge is -2.06. The molecule has 0 amide bonds. The number of aromatic nitrogens is 2. The molecular formula is C13H14N4OS. The maximum absolute atomic E-state index is 8.64. The SMILES string of the molecule is Cc1ccc(Sc2nccc(/C(N)=N/O)n2)c(C)c1. The largest absolute Gasteiger partial charge is 0.409 e. The molecule has 1 heterocycles. The van der Waals surface area contributed by atoms with E-state index >= 15 is 0 Å². The molecule has 3 N–H and O–H groups in total. The van der Waals surface area contributed by atoms with Gasteiger partial charge >= 0.3 is 0 Å². The summed E-state index contributed by atoms with van der Waals surface area (Å²) in [6, 6.07) is 7.79. The molecule has 0 saturated heterocycles. The maximum atomic E-state index is 8.64. The van der Waals surface area contributed by atoms with Crippen LogP contribution in [0.5, 0.6) is 0 Å². The molecule has 0 aliphatic heterocycles. The van der Waals surface area contributed by atoms with Crippen molar-refractivity contribution in [2.24, 2.45) is 10.9 Å². The lowest BCUT2D eigenvalue weighted by molar-refractivity contribution is 0.318. The van der Waals surface area contributed by atoms with E-state index in [1.54, 1.807) is 12.3 Å². The van der Waals surface area contributed by atoms with Crippen LogP contribution in [0.2, 0.25) is 0 Å². The molecule has 0 radical (unpaired) electrons. The molecule has 19 heavy (non-hydrogen) atoms. The second kappa shape index (κ2) is 5.71. The zero-order valence-corrected chi connectivity index (χ0v) is 11.5. The third-order valence-corrected chi connectivity index (χ3v) is 3.59. The Morgan fingerprint density at radius 3 is 2.79 bits per heavy atom. The van der Waals surface area contributed by atoms with Crippen molar-refractivity contribution in [3.05, 3.63) is 47.3 Å². The highest BCUT2D eigenvalue weighted by Gasteiger charge is 2.07. The lowest BCUT2D eigenvalue weighted by atomic mass is 10.2. The van der Waals surface area contributed by atoms with Gasteiger partial charge in [-0.15, -0.1) is 0 Å². The fraction of sp³-hybridized carbons (Fsp3) is 0.154. The molecule has 0 saturated carbocycles. The van der Waals surface area contributed by atoms with Gasteiger partial charge in [0.05, 0.1) is 0 Å². The minimum atomic E-state index is -0.0233. The standard InChI is InChI=1S/C13H14N4OS/c1-8-3-4-11(9(2)7-8)19-13-15-6-5-10(16-13)12(14)17-18/h3-7,18H,1-2H3,(H2,14,17). The van der Waals surface area contributed by atoms with Crippen LogP contribution in [-0.4, -0.2) is 21.0 Å². The van der Waals surface area contributed by atoms with Crippen LogP contribution in [0, 0.1) is 13.8 Å². The van der Waals surface area contributed by atoms with E-state index in [1.165, 1.54) is 22.9 Å². The van der Waals surface area contributed by atoms with Gasteiger partial charge < -0.3 is 10.9 Å². The monoisotopic (exact) mass is 274 g/mol. The molecule has 1 aromatic carbocycles. The number of nitrogens with zero attached hydrogens (tertiary/aromatic N) is 3. The van der Waals surface area contributed by atoms with Crippen molar-refractivity contribution in [1.82, 2.24) is 9.97 Å². The number of hydrogen-bond acceptors (Lipinski definition) is 5. The zero-order chi connectivity index (χ0) is 13.8. The predicted octanol–water partition coefficient (Wildman–Crippen LogP) is 2.34. The summed E-state index contributed by atoms with van der Waals surface area (Å²) in [5.41, 5.74) is 8.30. The molecule has 5 nitrogen and oxygen atoms in total. The second-order valence-electron chi connectivity index (χ2n) is 4.08. The summed E-state index contributed by atoms with van der Waals surface area (Å²) < 4.78 is 0. The number of benzene rings is 1. The first kappa shape index (κ1) is 13.4. The minimum Gasteiger partial charge on any atom is -0.409 e. The Bertz CT molecular complexity index is 628. The van der Waals surface area contributed by atoms with Crippen molar-refractivity contribution in [3.63, 3.8) is 0 Å². The van der Waals surface area contributed by atoms with Crippen molar-refractivity contribution < 1.29 is 5.21 Å². The van der Waals surface area contributed by atoms with Crippen LogP contribution in [0.3, 0.4) is 0 Å². The summed E-state index contributed by atoms with van der Waals surface area (Å²) in [5.74, 6) is -0.0233. The third-order valence-electron chi connectivity index (χ3n) is 2.54. The van der Waals surface area contributed by atoms with Crippen LogP contribution in [0.4, 0.5) is 0 Å². The smallest absolute Gasteiger partial charge is 0.193 e. The number of oxime groups is 1. The topological polar surface area (TPSA) is 84.4 Å². The van der Waals surface area contributed by atoms with Gasteiger partial charge in [0.2, 0.25) is 0 Å². The highest BCUT2D eigenvalue weighted by atomic mass is 32.2. The fourth-order valence-corrected chi connectivity index (χ4v) is 2.41. The fourth-order valence-electron chi connectivity index (χ4n) is 1.60. The zero-order valence-electron chi connectivity index (χ0n) is 10.7. The molecular weight excluding hydrogens is 260 g/mol. The Morgan fingerprint density at radius 1 is 1.32 bits per heavy atom. The number of aryl methyl sites for hydroxylation is 2. The van der Waals surface area contributed by atoms with Crippen LogP contribution in [0.15, 0.2) is 45.7 Å². The average Bonchev–Trinajstić information content (AvgIpc) is 2.41. The molecule has 0 bridgehead atoms. The predicted molar refractivity (Wildman–Crippen MR) is 74.6 cm³/mol. The number of rotatable bonds is 3. The van der Waals surface area contributed by atoms with Gasteiger partial charge in [-0.05, 0) is 43.3 Å². The first-order chi connectivity index (χ1) is 9.10. The molecule has 2 aromatic rings. The third kappa shape index (κ3) is 3.23. The summed E-state index contributed by atoms with van der Waals surface area (Å²) in [4.78, 5) is 9.50. The highest BCUT2D eigenvalue weighted by Crippen LogP contribution is 2.28. The Hall–Kier alpha value is -2.08. The molecule has 2 rings (SSSR count). The molecule has 6 heteroatoms. The quantitative estimate of drug-likeness (QED) is 0.295. The molecule has 0 unspecified atom stereocenters. The van der Waals surface area contributed by atoms with Crippen molar-refractivity contribution in [1.29, 1.82) is 0 Å². The first-order valence-corrected chi connectivity index (χ1v) is 6.48. The maximum Gasteiger partial charge on any atom is 0.193 e. The minimum absolute atomic E-state index is 0.0233. The number of nitrogens with two attached hydrogens (primary N) is 1. The molecule has 0 aliphatic carbocycles. The normalized spacial score (nSPS) is 11.6. The second-order valence-corrected chi connectivity index (χ2v) is 5.09. The Morgan fingerprint density at radius 2 is 2.11 bits per heavy atom. The van der Waals surface area contributed by atoms with Crippen LogP contribution in [0.25, 0.3) is 0 Å².